The number of nitrogens with zero attached hydrogens (tertiary/aromatic N) is 4. The van der Waals surface area contributed by atoms with Crippen LogP contribution >= 0.6 is 0 Å². The molecular formula is C20H21N5O4. The van der Waals surface area contributed by atoms with Gasteiger partial charge in [0.2, 0.25) is 0 Å². The molecule has 1 amide bonds. The van der Waals surface area contributed by atoms with Crippen molar-refractivity contribution in [3.63, 3.8) is 0 Å². The zero-order chi connectivity index (χ0) is 20.4. The minimum Gasteiger partial charge on any atom is -0.493 e. The number of methoxy groups -OCH3 is 2. The van der Waals surface area contributed by atoms with Crippen molar-refractivity contribution in [1.29, 1.82) is 0 Å². The molecule has 1 aromatic carbocycles. The van der Waals surface area contributed by atoms with Gasteiger partial charge in [0.1, 0.15) is 17.3 Å². The molecule has 29 heavy (non-hydrogen) atoms. The molecule has 1 aliphatic heterocycles. The van der Waals surface area contributed by atoms with E-state index in [9.17, 15) is 4.79 Å². The quantitative estimate of drug-likeness (QED) is 0.703. The van der Waals surface area contributed by atoms with Crippen molar-refractivity contribution < 1.29 is 18.8 Å². The second-order valence-electron chi connectivity index (χ2n) is 6.68. The fourth-order valence-corrected chi connectivity index (χ4v) is 3.29. The maximum atomic E-state index is 12.3. The van der Waals surface area contributed by atoms with Crippen molar-refractivity contribution >= 4 is 17.5 Å². The van der Waals surface area contributed by atoms with Crippen LogP contribution in [0.4, 0.5) is 11.6 Å². The summed E-state index contributed by atoms with van der Waals surface area (Å²) in [5.74, 6) is 2.71. The van der Waals surface area contributed by atoms with E-state index in [0.717, 1.165) is 24.3 Å². The van der Waals surface area contributed by atoms with Crippen molar-refractivity contribution in [2.45, 2.75) is 19.9 Å². The summed E-state index contributed by atoms with van der Waals surface area (Å²) in [4.78, 5) is 23.1. The summed E-state index contributed by atoms with van der Waals surface area (Å²) in [6.45, 7) is 3.22. The van der Waals surface area contributed by atoms with Crippen LogP contribution < -0.4 is 19.7 Å². The molecule has 3 heterocycles. The average Bonchev–Trinajstić information content (AvgIpc) is 3.16. The fourth-order valence-electron chi connectivity index (χ4n) is 3.29. The van der Waals surface area contributed by atoms with Crippen molar-refractivity contribution in [2.24, 2.45) is 0 Å². The summed E-state index contributed by atoms with van der Waals surface area (Å²) in [7, 11) is 3.26. The number of hydrogen-bond acceptors (Lipinski definition) is 8. The summed E-state index contributed by atoms with van der Waals surface area (Å²) in [5.41, 5.74) is 2.59. The Bertz CT molecular complexity index is 1030. The lowest BCUT2D eigenvalue weighted by molar-refractivity contribution is 0.102. The number of benzene rings is 1. The number of aromatic nitrogens is 3. The molecule has 2 aromatic heterocycles. The molecule has 0 saturated carbocycles. The average molecular weight is 395 g/mol. The highest BCUT2D eigenvalue weighted by atomic mass is 16.5. The molecule has 9 nitrogen and oxygen atoms in total. The van der Waals surface area contributed by atoms with Crippen LogP contribution in [0.3, 0.4) is 0 Å². The lowest BCUT2D eigenvalue weighted by Crippen LogP contribution is -2.31. The van der Waals surface area contributed by atoms with Crippen molar-refractivity contribution in [3.05, 3.63) is 53.2 Å². The topological polar surface area (TPSA) is 103 Å². The molecule has 0 atom stereocenters. The predicted molar refractivity (Wildman–Crippen MR) is 106 cm³/mol. The number of aryl methyl sites for hydroxylation is 1. The monoisotopic (exact) mass is 395 g/mol. The predicted octanol–water partition coefficient (Wildman–Crippen LogP) is 2.61. The molecular weight excluding hydrogens is 374 g/mol. The summed E-state index contributed by atoms with van der Waals surface area (Å²) in [6.07, 6.45) is 3.92. The van der Waals surface area contributed by atoms with Gasteiger partial charge in [-0.2, -0.15) is 0 Å². The standard InChI is InChI=1S/C20H21N5O4/c1-12-6-18(24-29-12)23-20(26)15-9-22-19(10-21-15)25-5-4-13-7-16(27-2)17(28-3)8-14(13)11-25/h6-10H,4-5,11H2,1-3H3,(H,23,24,26). The van der Waals surface area contributed by atoms with Gasteiger partial charge in [0.15, 0.2) is 17.3 Å². The first-order chi connectivity index (χ1) is 14.1. The molecule has 0 saturated heterocycles. The van der Waals surface area contributed by atoms with Crippen LogP contribution in [0.2, 0.25) is 0 Å². The van der Waals surface area contributed by atoms with Crippen LogP contribution in [0.15, 0.2) is 35.1 Å². The molecule has 0 aliphatic carbocycles. The number of amides is 1. The van der Waals surface area contributed by atoms with E-state index in [1.165, 1.54) is 11.8 Å². The van der Waals surface area contributed by atoms with Gasteiger partial charge in [-0.15, -0.1) is 0 Å². The largest absolute Gasteiger partial charge is 0.493 e. The van der Waals surface area contributed by atoms with Crippen LogP contribution in [-0.4, -0.2) is 41.8 Å². The van der Waals surface area contributed by atoms with Crippen molar-refractivity contribution in [1.82, 2.24) is 15.1 Å². The van der Waals surface area contributed by atoms with Crippen LogP contribution in [-0.2, 0) is 13.0 Å². The molecule has 9 heteroatoms. The minimum atomic E-state index is -0.391. The number of fused-ring (bicyclic) bond motifs is 1. The highest BCUT2D eigenvalue weighted by Gasteiger charge is 2.21. The van der Waals surface area contributed by atoms with E-state index in [1.54, 1.807) is 33.4 Å². The number of anilines is 2. The lowest BCUT2D eigenvalue weighted by Gasteiger charge is -2.30. The van der Waals surface area contributed by atoms with E-state index >= 15 is 0 Å². The van der Waals surface area contributed by atoms with E-state index < -0.39 is 5.91 Å². The molecule has 150 valence electrons. The van der Waals surface area contributed by atoms with Crippen LogP contribution in [0.25, 0.3) is 0 Å². The number of carbonyl (C=O) groups excluding carboxylic acids is 1. The molecule has 1 aliphatic rings. The minimum absolute atomic E-state index is 0.207. The van der Waals surface area contributed by atoms with Crippen LogP contribution in [0.1, 0.15) is 27.4 Å². The van der Waals surface area contributed by atoms with Crippen LogP contribution in [0, 0.1) is 6.92 Å². The van der Waals surface area contributed by atoms with Gasteiger partial charge in [-0.3, -0.25) is 4.79 Å². The van der Waals surface area contributed by atoms with Crippen molar-refractivity contribution in [2.75, 3.05) is 31.0 Å². The van der Waals surface area contributed by atoms with Gasteiger partial charge in [-0.05, 0) is 36.6 Å². The first kappa shape index (κ1) is 18.7. The van der Waals surface area contributed by atoms with E-state index in [2.05, 4.69) is 25.3 Å². The number of carbonyl (C=O) groups is 1. The van der Waals surface area contributed by atoms with Gasteiger partial charge in [0, 0.05) is 19.2 Å². The second-order valence-corrected chi connectivity index (χ2v) is 6.68. The van der Waals surface area contributed by atoms with E-state index in [-0.39, 0.29) is 5.69 Å². The third-order valence-corrected chi connectivity index (χ3v) is 4.78. The smallest absolute Gasteiger partial charge is 0.277 e. The Labute approximate surface area is 167 Å². The SMILES string of the molecule is COc1cc2c(cc1OC)CN(c1cnc(C(=O)Nc3cc(C)on3)cn1)CC2. The third-order valence-electron chi connectivity index (χ3n) is 4.78. The Kier molecular flexibility index (Phi) is 5.03. The summed E-state index contributed by atoms with van der Waals surface area (Å²) in [6, 6.07) is 5.65. The Morgan fingerprint density at radius 1 is 1.10 bits per heavy atom. The molecule has 3 aromatic rings. The molecule has 0 bridgehead atoms. The maximum Gasteiger partial charge on any atom is 0.277 e. The van der Waals surface area contributed by atoms with Gasteiger partial charge in [-0.1, -0.05) is 5.16 Å². The van der Waals surface area contributed by atoms with Gasteiger partial charge >= 0.3 is 0 Å². The van der Waals surface area contributed by atoms with E-state index in [1.807, 2.05) is 12.1 Å². The number of rotatable bonds is 5. The zero-order valence-electron chi connectivity index (χ0n) is 16.4. The number of nitrogens with one attached hydrogen (secondary N) is 1. The fraction of sp³-hybridized carbons (Fsp3) is 0.300. The van der Waals surface area contributed by atoms with Gasteiger partial charge in [0.05, 0.1) is 26.6 Å². The third kappa shape index (κ3) is 3.84. The Morgan fingerprint density at radius 2 is 1.86 bits per heavy atom. The second kappa shape index (κ2) is 7.78. The molecule has 0 spiro atoms. The van der Waals surface area contributed by atoms with Gasteiger partial charge in [-0.25, -0.2) is 9.97 Å². The highest BCUT2D eigenvalue weighted by Crippen LogP contribution is 2.34. The summed E-state index contributed by atoms with van der Waals surface area (Å²) < 4.78 is 15.7. The lowest BCUT2D eigenvalue weighted by atomic mass is 9.99. The Morgan fingerprint density at radius 3 is 2.48 bits per heavy atom. The van der Waals surface area contributed by atoms with Crippen LogP contribution in [0.5, 0.6) is 11.5 Å². The van der Waals surface area contributed by atoms with Gasteiger partial charge in [0.25, 0.3) is 5.91 Å². The highest BCUT2D eigenvalue weighted by molar-refractivity contribution is 6.02. The van der Waals surface area contributed by atoms with E-state index in [0.29, 0.717) is 29.7 Å². The van der Waals surface area contributed by atoms with Gasteiger partial charge < -0.3 is 24.2 Å². The van der Waals surface area contributed by atoms with Crippen molar-refractivity contribution in [3.8, 4) is 11.5 Å². The molecule has 0 fully saturated rings. The first-order valence-electron chi connectivity index (χ1n) is 9.13. The summed E-state index contributed by atoms with van der Waals surface area (Å²) >= 11 is 0. The molecule has 0 radical (unpaired) electrons. The molecule has 1 N–H and O–H groups in total. The molecule has 0 unspecified atom stereocenters. The van der Waals surface area contributed by atoms with E-state index in [4.69, 9.17) is 14.0 Å². The zero-order valence-corrected chi connectivity index (χ0v) is 16.4. The normalized spacial score (nSPS) is 13.0. The maximum absolute atomic E-state index is 12.3. The first-order valence-corrected chi connectivity index (χ1v) is 9.13. The Balaban J connectivity index is 1.48. The summed E-state index contributed by atoms with van der Waals surface area (Å²) in [5, 5.41) is 6.37. The Hall–Kier alpha value is -3.62. The number of ether oxygens (including phenoxy) is 2. The number of hydrogen-bond donors (Lipinski definition) is 1. The molecule has 4 rings (SSSR count).